The number of rotatable bonds is 7. The molecule has 1 atom stereocenters. The van der Waals surface area contributed by atoms with Crippen LogP contribution < -0.4 is 0 Å². The maximum atomic E-state index is 12.4. The molecule has 0 spiro atoms. The van der Waals surface area contributed by atoms with Crippen LogP contribution in [-0.2, 0) is 14.4 Å². The number of carboxylic acids is 1. The van der Waals surface area contributed by atoms with E-state index in [0.29, 0.717) is 27.6 Å². The van der Waals surface area contributed by atoms with Crippen molar-refractivity contribution in [3.8, 4) is 0 Å². The molecule has 1 fully saturated rings. The fourth-order valence-electron chi connectivity index (χ4n) is 2.39. The number of nitrogens with zero attached hydrogens (tertiary/aromatic N) is 1. The van der Waals surface area contributed by atoms with Crippen molar-refractivity contribution < 1.29 is 19.5 Å². The molecule has 2 aliphatic rings. The van der Waals surface area contributed by atoms with Crippen molar-refractivity contribution in [1.82, 2.24) is 4.90 Å². The van der Waals surface area contributed by atoms with Crippen molar-refractivity contribution in [2.24, 2.45) is 5.92 Å². The molecule has 1 amide bonds. The molecule has 1 aliphatic carbocycles. The molecule has 24 heavy (non-hydrogen) atoms. The Morgan fingerprint density at radius 2 is 2.21 bits per heavy atom. The van der Waals surface area contributed by atoms with Crippen LogP contribution in [0.1, 0.15) is 19.3 Å². The van der Waals surface area contributed by atoms with Crippen molar-refractivity contribution in [1.29, 1.82) is 0 Å². The summed E-state index contributed by atoms with van der Waals surface area (Å²) in [6.07, 6.45) is 9.41. The first-order valence-electron chi connectivity index (χ1n) is 7.43. The van der Waals surface area contributed by atoms with E-state index in [1.807, 2.05) is 0 Å². The molecular weight excluding hydrogens is 346 g/mol. The predicted octanol–water partition coefficient (Wildman–Crippen LogP) is 2.85. The van der Waals surface area contributed by atoms with E-state index in [2.05, 4.69) is 6.58 Å². The average Bonchev–Trinajstić information content (AvgIpc) is 2.78. The molecule has 7 heteroatoms. The smallest absolute Gasteiger partial charge is 0.303 e. The summed E-state index contributed by atoms with van der Waals surface area (Å²) >= 11 is 6.33. The van der Waals surface area contributed by atoms with Crippen molar-refractivity contribution >= 4 is 46.0 Å². The lowest BCUT2D eigenvalue weighted by Crippen LogP contribution is -2.29. The van der Waals surface area contributed by atoms with Crippen LogP contribution >= 0.6 is 24.0 Å². The lowest BCUT2D eigenvalue weighted by molar-refractivity contribution is -0.137. The van der Waals surface area contributed by atoms with E-state index < -0.39 is 11.9 Å². The Morgan fingerprint density at radius 3 is 2.88 bits per heavy atom. The van der Waals surface area contributed by atoms with E-state index in [0.717, 1.165) is 11.8 Å². The number of carboxylic acid groups (broad SMARTS) is 1. The quantitative estimate of drug-likeness (QED) is 0.426. The van der Waals surface area contributed by atoms with Crippen LogP contribution in [0.3, 0.4) is 0 Å². The number of hydrogen-bond acceptors (Lipinski definition) is 5. The molecule has 1 N–H and O–H groups in total. The zero-order valence-electron chi connectivity index (χ0n) is 12.9. The van der Waals surface area contributed by atoms with Gasteiger partial charge < -0.3 is 5.11 Å². The maximum Gasteiger partial charge on any atom is 0.303 e. The molecule has 0 aromatic carbocycles. The van der Waals surface area contributed by atoms with E-state index in [1.165, 1.54) is 4.90 Å². The predicted molar refractivity (Wildman–Crippen MR) is 97.4 cm³/mol. The highest BCUT2D eigenvalue weighted by molar-refractivity contribution is 8.26. The van der Waals surface area contributed by atoms with Gasteiger partial charge in [0.2, 0.25) is 0 Å². The van der Waals surface area contributed by atoms with Crippen LogP contribution in [-0.4, -0.2) is 38.5 Å². The van der Waals surface area contributed by atoms with Gasteiger partial charge in [-0.25, -0.2) is 0 Å². The van der Waals surface area contributed by atoms with Crippen molar-refractivity contribution in [3.05, 3.63) is 47.4 Å². The third-order valence-electron chi connectivity index (χ3n) is 3.58. The minimum atomic E-state index is -0.907. The molecule has 0 saturated carbocycles. The average molecular weight is 363 g/mol. The standard InChI is InChI=1S/C17H17NO4S2/c1-2-5-11-6-3-7-12(15(11)21)10-13-16(22)18(17(23)24-13)9-4-8-14(19)20/h2-3,6-7,10,12H,1,4-5,8-9H2,(H,19,20). The summed E-state index contributed by atoms with van der Waals surface area (Å²) in [4.78, 5) is 37.2. The summed E-state index contributed by atoms with van der Waals surface area (Å²) in [5.41, 5.74) is 0.658. The lowest BCUT2D eigenvalue weighted by atomic mass is 9.90. The molecule has 0 aromatic heterocycles. The molecule has 5 nitrogen and oxygen atoms in total. The monoisotopic (exact) mass is 363 g/mol. The van der Waals surface area contributed by atoms with Gasteiger partial charge in [-0.05, 0) is 18.4 Å². The second kappa shape index (κ2) is 8.21. The minimum absolute atomic E-state index is 0.0182. The molecule has 0 aromatic rings. The fourth-order valence-corrected chi connectivity index (χ4v) is 3.72. The number of aliphatic carboxylic acids is 1. The summed E-state index contributed by atoms with van der Waals surface area (Å²) in [6.45, 7) is 3.90. The summed E-state index contributed by atoms with van der Waals surface area (Å²) in [5, 5.41) is 8.67. The van der Waals surface area contributed by atoms with Gasteiger partial charge >= 0.3 is 5.97 Å². The van der Waals surface area contributed by atoms with Crippen LogP contribution in [0, 0.1) is 5.92 Å². The molecule has 2 rings (SSSR count). The largest absolute Gasteiger partial charge is 0.481 e. The van der Waals surface area contributed by atoms with Crippen LogP contribution in [0.2, 0.25) is 0 Å². The van der Waals surface area contributed by atoms with Crippen LogP contribution in [0.4, 0.5) is 0 Å². The van der Waals surface area contributed by atoms with Crippen molar-refractivity contribution in [2.45, 2.75) is 19.3 Å². The summed E-state index contributed by atoms with van der Waals surface area (Å²) in [7, 11) is 0. The van der Waals surface area contributed by atoms with Crippen molar-refractivity contribution in [2.75, 3.05) is 6.54 Å². The van der Waals surface area contributed by atoms with Crippen LogP contribution in [0.5, 0.6) is 0 Å². The number of amides is 1. The SMILES string of the molecule is C=CCC1=CC=CC(C=C2SC(=S)N(CCCC(=O)O)C2=O)C1=O. The van der Waals surface area contributed by atoms with Gasteiger partial charge in [0.25, 0.3) is 5.91 Å². The third-order valence-corrected chi connectivity index (χ3v) is 4.97. The molecular formula is C17H17NO4S2. The molecule has 0 bridgehead atoms. The van der Waals surface area contributed by atoms with E-state index in [-0.39, 0.29) is 24.7 Å². The number of Topliss-reactive ketones (excluding diaryl/α,β-unsaturated/α-hetero) is 1. The number of thiocarbonyl (C=S) groups is 1. The van der Waals surface area contributed by atoms with Gasteiger partial charge in [0.1, 0.15) is 4.32 Å². The summed E-state index contributed by atoms with van der Waals surface area (Å²) in [6, 6.07) is 0. The normalized spacial score (nSPS) is 22.2. The highest BCUT2D eigenvalue weighted by Gasteiger charge is 2.33. The van der Waals surface area contributed by atoms with Crippen LogP contribution in [0.25, 0.3) is 0 Å². The maximum absolute atomic E-state index is 12.4. The first-order valence-corrected chi connectivity index (χ1v) is 8.66. The fraction of sp³-hybridized carbons (Fsp3) is 0.294. The highest BCUT2D eigenvalue weighted by Crippen LogP contribution is 2.33. The Bertz CT molecular complexity index is 691. The second-order valence-corrected chi connectivity index (χ2v) is 6.99. The van der Waals surface area contributed by atoms with Gasteiger partial charge in [-0.3, -0.25) is 19.3 Å². The summed E-state index contributed by atoms with van der Waals surface area (Å²) in [5.74, 6) is -1.71. The topological polar surface area (TPSA) is 74.7 Å². The van der Waals surface area contributed by atoms with Crippen LogP contribution in [0.15, 0.2) is 47.4 Å². The third kappa shape index (κ3) is 4.30. The van der Waals surface area contributed by atoms with Gasteiger partial charge in [0.05, 0.1) is 10.8 Å². The zero-order chi connectivity index (χ0) is 17.7. The number of carbonyl (C=O) groups is 3. The Hall–Kier alpha value is -1.99. The molecule has 1 heterocycles. The number of allylic oxidation sites excluding steroid dienone is 6. The lowest BCUT2D eigenvalue weighted by Gasteiger charge is -2.14. The van der Waals surface area contributed by atoms with Gasteiger partial charge in [-0.2, -0.15) is 0 Å². The van der Waals surface area contributed by atoms with E-state index >= 15 is 0 Å². The molecule has 126 valence electrons. The number of thioether (sulfide) groups is 1. The first-order chi connectivity index (χ1) is 11.4. The zero-order valence-corrected chi connectivity index (χ0v) is 14.6. The second-order valence-electron chi connectivity index (χ2n) is 5.31. The van der Waals surface area contributed by atoms with Gasteiger partial charge in [-0.1, -0.05) is 54.4 Å². The van der Waals surface area contributed by atoms with E-state index in [4.69, 9.17) is 17.3 Å². The Balaban J connectivity index is 2.07. The number of hydrogen-bond donors (Lipinski definition) is 1. The van der Waals surface area contributed by atoms with Gasteiger partial charge in [0.15, 0.2) is 5.78 Å². The van der Waals surface area contributed by atoms with E-state index in [1.54, 1.807) is 30.4 Å². The molecule has 1 saturated heterocycles. The van der Waals surface area contributed by atoms with Gasteiger partial charge in [0, 0.05) is 13.0 Å². The van der Waals surface area contributed by atoms with Gasteiger partial charge in [-0.15, -0.1) is 6.58 Å². The van der Waals surface area contributed by atoms with E-state index in [9.17, 15) is 14.4 Å². The Kier molecular flexibility index (Phi) is 6.28. The molecule has 1 unspecified atom stereocenters. The van der Waals surface area contributed by atoms with Crippen molar-refractivity contribution in [3.63, 3.8) is 0 Å². The minimum Gasteiger partial charge on any atom is -0.481 e. The molecule has 0 radical (unpaired) electrons. The highest BCUT2D eigenvalue weighted by atomic mass is 32.2. The molecule has 1 aliphatic heterocycles. The first kappa shape index (κ1) is 18.4. The Morgan fingerprint density at radius 1 is 1.46 bits per heavy atom. The number of carbonyl (C=O) groups excluding carboxylic acids is 2. The Labute approximate surface area is 149 Å². The number of ketones is 1. The summed E-state index contributed by atoms with van der Waals surface area (Å²) < 4.78 is 0.394.